The lowest BCUT2D eigenvalue weighted by Gasteiger charge is -2.24. The second kappa shape index (κ2) is 58.8. The maximum absolute atomic E-state index is 12.8. The molecule has 0 aromatic carbocycles. The van der Waals surface area contributed by atoms with E-state index >= 15 is 0 Å². The van der Waals surface area contributed by atoms with Crippen LogP contribution in [0, 0.1) is 0 Å². The molecule has 9 nitrogen and oxygen atoms in total. The average Bonchev–Trinajstić information content (AvgIpc) is 3.42. The number of esters is 2. The average molecular weight is 1130 g/mol. The molecule has 0 aliphatic heterocycles. The zero-order valence-electron chi connectivity index (χ0n) is 50.7. The van der Waals surface area contributed by atoms with Crippen molar-refractivity contribution in [2.45, 2.75) is 200 Å². The summed E-state index contributed by atoms with van der Waals surface area (Å²) in [4.78, 5) is 35.7. The first-order chi connectivity index (χ1) is 39.0. The number of phosphoric ester groups is 1. The number of carbonyl (C=O) groups is 2. The Morgan fingerprint density at radius 1 is 0.388 bits per heavy atom. The third kappa shape index (κ3) is 62.3. The lowest BCUT2D eigenvalue weighted by atomic mass is 10.1. The van der Waals surface area contributed by atoms with E-state index in [2.05, 4.69) is 196 Å². The normalized spacial score (nSPS) is 14.5. The van der Waals surface area contributed by atoms with Gasteiger partial charge in [-0.15, -0.1) is 0 Å². The minimum atomic E-state index is -4.42. The first kappa shape index (κ1) is 75.1. The molecule has 0 amide bonds. The molecule has 0 saturated carbocycles. The summed E-state index contributed by atoms with van der Waals surface area (Å²) >= 11 is 0. The van der Waals surface area contributed by atoms with Gasteiger partial charge in [0.1, 0.15) is 19.8 Å². The van der Waals surface area contributed by atoms with Crippen LogP contribution in [0.3, 0.4) is 0 Å². The fourth-order valence-electron chi connectivity index (χ4n) is 7.30. The Kier molecular flexibility index (Phi) is 55.2. The van der Waals surface area contributed by atoms with E-state index in [0.29, 0.717) is 23.9 Å². The molecular formula is C70H111NO8P+. The van der Waals surface area contributed by atoms with Gasteiger partial charge in [0.2, 0.25) is 0 Å². The van der Waals surface area contributed by atoms with Gasteiger partial charge in [0.15, 0.2) is 6.10 Å². The third-order valence-corrected chi connectivity index (χ3v) is 12.9. The smallest absolute Gasteiger partial charge is 0.462 e. The van der Waals surface area contributed by atoms with Crippen molar-refractivity contribution in [3.05, 3.63) is 182 Å². The van der Waals surface area contributed by atoms with Gasteiger partial charge in [-0.2, -0.15) is 0 Å². The molecule has 0 aliphatic carbocycles. The van der Waals surface area contributed by atoms with E-state index in [1.54, 1.807) is 0 Å². The van der Waals surface area contributed by atoms with Crippen LogP contribution in [0.4, 0.5) is 0 Å². The summed E-state index contributed by atoms with van der Waals surface area (Å²) in [6.07, 6.45) is 91.1. The SMILES string of the molecule is CC/C=C\C/C=C\C/C=C\C/C=C\C/C=C\C/C=C\C/C=C\C/C=C\C/C=C\C/C=C\CCCCC(=O)OC(COC(=O)CCCCCCCCC/C=C\C/C=C\C/C=C\C/C=C\C/C=C\CC)COP(=O)(O)OCC[N+](C)(C)C. The van der Waals surface area contributed by atoms with E-state index in [1.807, 2.05) is 21.1 Å². The lowest BCUT2D eigenvalue weighted by Crippen LogP contribution is -2.37. The van der Waals surface area contributed by atoms with Gasteiger partial charge in [0.25, 0.3) is 0 Å². The number of allylic oxidation sites excluding steroid dienone is 30. The standard InChI is InChI=1S/C70H110NO8P/c1-6-8-10-12-14-16-18-20-22-24-26-28-30-31-32-33-34-35-36-37-38-39-41-43-45-47-49-51-53-55-57-59-61-63-70(73)79-68(67-78-80(74,75)77-65-64-71(3,4)5)66-76-69(72)62-60-58-56-54-52-50-48-46-44-42-40-29-27-25-23-21-19-17-15-13-11-9-7-2/h8-11,14-17,20-23,26-29,31-32,34-35,37-38,41-44,47,49,53,55,68H,6-7,12-13,18-19,24-25,30,33,36,39-40,45-46,48,50-52,54,56-67H2,1-5H3/p+1/b10-8-,11-9-,16-14-,17-15-,22-20-,23-21-,28-26-,29-27-,32-31-,35-34-,38-37-,43-41-,44-42-,49-47-,55-53-. The Balaban J connectivity index is 4.33. The number of carbonyl (C=O) groups excluding carboxylic acids is 2. The molecule has 0 radical (unpaired) electrons. The van der Waals surface area contributed by atoms with E-state index in [9.17, 15) is 19.0 Å². The highest BCUT2D eigenvalue weighted by Crippen LogP contribution is 2.43. The number of unbranched alkanes of at least 4 members (excludes halogenated alkanes) is 9. The largest absolute Gasteiger partial charge is 0.472 e. The lowest BCUT2D eigenvalue weighted by molar-refractivity contribution is -0.870. The van der Waals surface area contributed by atoms with E-state index in [1.165, 1.54) is 19.3 Å². The van der Waals surface area contributed by atoms with Crippen LogP contribution in [-0.2, 0) is 32.7 Å². The van der Waals surface area contributed by atoms with Crippen LogP contribution in [-0.4, -0.2) is 74.9 Å². The first-order valence-corrected chi connectivity index (χ1v) is 32.0. The molecule has 0 bridgehead atoms. The van der Waals surface area contributed by atoms with Crippen molar-refractivity contribution in [2.24, 2.45) is 0 Å². The van der Waals surface area contributed by atoms with Gasteiger partial charge in [0.05, 0.1) is 27.7 Å². The third-order valence-electron chi connectivity index (χ3n) is 11.9. The molecule has 1 N–H and O–H groups in total. The number of hydrogen-bond acceptors (Lipinski definition) is 7. The van der Waals surface area contributed by atoms with Crippen LogP contribution in [0.25, 0.3) is 0 Å². The van der Waals surface area contributed by atoms with Gasteiger partial charge in [-0.05, 0) is 135 Å². The Bertz CT molecular complexity index is 2000. The van der Waals surface area contributed by atoms with Gasteiger partial charge in [-0.1, -0.05) is 228 Å². The summed E-state index contributed by atoms with van der Waals surface area (Å²) in [6.45, 7) is 4.11. The molecule has 0 aromatic rings. The van der Waals surface area contributed by atoms with Crippen molar-refractivity contribution in [3.63, 3.8) is 0 Å². The van der Waals surface area contributed by atoms with Crippen molar-refractivity contribution in [3.8, 4) is 0 Å². The number of hydrogen-bond donors (Lipinski definition) is 1. The van der Waals surface area contributed by atoms with Crippen LogP contribution < -0.4 is 0 Å². The van der Waals surface area contributed by atoms with Gasteiger partial charge in [-0.25, -0.2) is 4.57 Å². The van der Waals surface area contributed by atoms with Gasteiger partial charge in [0, 0.05) is 12.8 Å². The molecule has 0 heterocycles. The van der Waals surface area contributed by atoms with Crippen molar-refractivity contribution in [2.75, 3.05) is 47.5 Å². The minimum absolute atomic E-state index is 0.00957. The van der Waals surface area contributed by atoms with Crippen LogP contribution in [0.15, 0.2) is 182 Å². The van der Waals surface area contributed by atoms with E-state index < -0.39 is 32.5 Å². The number of phosphoric acid groups is 1. The van der Waals surface area contributed by atoms with Crippen molar-refractivity contribution >= 4 is 19.8 Å². The fraction of sp³-hybridized carbons (Fsp3) is 0.543. The highest BCUT2D eigenvalue weighted by atomic mass is 31.2. The topological polar surface area (TPSA) is 108 Å². The van der Waals surface area contributed by atoms with Gasteiger partial charge in [-0.3, -0.25) is 18.6 Å². The second-order valence-electron chi connectivity index (χ2n) is 20.6. The predicted molar refractivity (Wildman–Crippen MR) is 343 cm³/mol. The summed E-state index contributed by atoms with van der Waals surface area (Å²) in [7, 11) is 1.41. The van der Waals surface area contributed by atoms with Gasteiger partial charge >= 0.3 is 19.8 Å². The Hall–Kier alpha value is -4.89. The number of rotatable bonds is 53. The summed E-state index contributed by atoms with van der Waals surface area (Å²) in [5.74, 6) is -0.879. The zero-order chi connectivity index (χ0) is 58.4. The van der Waals surface area contributed by atoms with Crippen molar-refractivity contribution in [1.82, 2.24) is 0 Å². The summed E-state index contributed by atoms with van der Waals surface area (Å²) in [5, 5.41) is 0. The fourth-order valence-corrected chi connectivity index (χ4v) is 8.04. The quantitative estimate of drug-likeness (QED) is 0.0211. The number of ether oxygens (including phenoxy) is 2. The Morgan fingerprint density at radius 3 is 1.02 bits per heavy atom. The molecule has 0 aromatic heterocycles. The number of nitrogens with zero attached hydrogens (tertiary/aromatic N) is 1. The second-order valence-corrected chi connectivity index (χ2v) is 22.1. The summed E-state index contributed by atoms with van der Waals surface area (Å²) in [6, 6.07) is 0. The zero-order valence-corrected chi connectivity index (χ0v) is 51.6. The summed E-state index contributed by atoms with van der Waals surface area (Å²) in [5.41, 5.74) is 0. The Morgan fingerprint density at radius 2 is 0.675 bits per heavy atom. The summed E-state index contributed by atoms with van der Waals surface area (Å²) < 4.78 is 34.5. The molecule has 80 heavy (non-hydrogen) atoms. The molecule has 0 spiro atoms. The highest BCUT2D eigenvalue weighted by Gasteiger charge is 2.27. The van der Waals surface area contributed by atoms with Crippen LogP contribution in [0.1, 0.15) is 194 Å². The predicted octanol–water partition coefficient (Wildman–Crippen LogP) is 19.6. The van der Waals surface area contributed by atoms with E-state index in [4.69, 9.17) is 18.5 Å². The molecule has 0 fully saturated rings. The van der Waals surface area contributed by atoms with E-state index in [-0.39, 0.29) is 26.1 Å². The number of likely N-dealkylation sites (N-methyl/N-ethyl adjacent to an activating group) is 1. The molecule has 0 rings (SSSR count). The van der Waals surface area contributed by atoms with E-state index in [0.717, 1.165) is 135 Å². The monoisotopic (exact) mass is 1120 g/mol. The molecule has 10 heteroatoms. The highest BCUT2D eigenvalue weighted by molar-refractivity contribution is 7.47. The molecule has 2 atom stereocenters. The number of quaternary nitrogens is 1. The van der Waals surface area contributed by atoms with Crippen LogP contribution >= 0.6 is 7.82 Å². The van der Waals surface area contributed by atoms with Crippen molar-refractivity contribution in [1.29, 1.82) is 0 Å². The Labute approximate surface area is 489 Å². The maximum Gasteiger partial charge on any atom is 0.472 e. The molecule has 448 valence electrons. The van der Waals surface area contributed by atoms with Gasteiger partial charge < -0.3 is 18.9 Å². The maximum atomic E-state index is 12.8. The first-order valence-electron chi connectivity index (χ1n) is 30.5. The molecule has 2 unspecified atom stereocenters. The molecular weight excluding hydrogens is 1010 g/mol. The van der Waals surface area contributed by atoms with Crippen molar-refractivity contribution < 1.29 is 42.1 Å². The minimum Gasteiger partial charge on any atom is -0.462 e. The molecule has 0 aliphatic rings. The molecule has 0 saturated heterocycles. The van der Waals surface area contributed by atoms with Crippen LogP contribution in [0.2, 0.25) is 0 Å². The van der Waals surface area contributed by atoms with Crippen LogP contribution in [0.5, 0.6) is 0 Å².